The summed E-state index contributed by atoms with van der Waals surface area (Å²) in [6, 6.07) is 12.6. The quantitative estimate of drug-likeness (QED) is 0.189. The molecule has 0 aliphatic carbocycles. The third-order valence-corrected chi connectivity index (χ3v) is 8.12. The first-order valence-electron chi connectivity index (χ1n) is 13.9. The number of fused-ring (bicyclic) bond motifs is 2. The Hall–Kier alpha value is -3.23. The van der Waals surface area contributed by atoms with Crippen molar-refractivity contribution in [2.45, 2.75) is 45.8 Å². The Morgan fingerprint density at radius 3 is 2.76 bits per heavy atom. The summed E-state index contributed by atoms with van der Waals surface area (Å²) in [6.45, 7) is 6.20. The average molecular weight is 537 g/mol. The van der Waals surface area contributed by atoms with Gasteiger partial charge < -0.3 is 9.64 Å². The van der Waals surface area contributed by atoms with Crippen LogP contribution in [0.2, 0.25) is 0 Å². The number of unbranched alkanes of at least 4 members (excludes halogenated alkanes) is 2. The van der Waals surface area contributed by atoms with Crippen LogP contribution in [0, 0.1) is 5.82 Å². The van der Waals surface area contributed by atoms with E-state index in [9.17, 15) is 14.0 Å². The molecule has 0 atom stereocenters. The fourth-order valence-electron chi connectivity index (χ4n) is 5.06. The first-order valence-corrected chi connectivity index (χ1v) is 14.2. The van der Waals surface area contributed by atoms with Crippen LogP contribution in [0.3, 0.4) is 0 Å². The molecule has 4 aromatic rings. The number of piperazine rings is 1. The van der Waals surface area contributed by atoms with Crippen molar-refractivity contribution in [1.82, 2.24) is 9.47 Å². The number of halogens is 1. The molecular formula is C30H34FN3O3S. The Balaban J connectivity index is 1.23. The minimum Gasteiger partial charge on any atom is -0.444 e. The highest BCUT2D eigenvalue weighted by atomic mass is 32.1. The summed E-state index contributed by atoms with van der Waals surface area (Å²) >= 11 is 1.56. The van der Waals surface area contributed by atoms with Gasteiger partial charge >= 0.3 is 5.97 Å². The van der Waals surface area contributed by atoms with Crippen LogP contribution >= 0.6 is 11.3 Å². The zero-order valence-electron chi connectivity index (χ0n) is 22.7. The monoisotopic (exact) mass is 536 g/mol. The van der Waals surface area contributed by atoms with Crippen LogP contribution in [0.4, 0.5) is 10.1 Å². The Labute approximate surface area is 227 Å². The number of nitrogens with zero attached hydrogens (tertiary/aromatic N) is 3. The molecule has 6 nitrogen and oxygen atoms in total. The molecule has 1 saturated heterocycles. The fourth-order valence-corrected chi connectivity index (χ4v) is 5.89. The Morgan fingerprint density at radius 1 is 1.11 bits per heavy atom. The van der Waals surface area contributed by atoms with E-state index >= 15 is 0 Å². The molecule has 0 radical (unpaired) electrons. The standard InChI is InChI=1S/C30H34FN3O3S/c1-2-3-4-5-30(36)37-21-34-26-18-22(6-7-23(26)8-9-29(34)35)10-12-32-13-15-33(16-14-32)27-19-24(31)20-28-25(27)11-17-38-28/h6-9,11,17-20H,2-5,10,12-16,21H2,1H3/i8D. The van der Waals surface area contributed by atoms with Gasteiger partial charge in [0.2, 0.25) is 0 Å². The van der Waals surface area contributed by atoms with Crippen molar-refractivity contribution in [3.05, 3.63) is 75.6 Å². The van der Waals surface area contributed by atoms with Gasteiger partial charge in [-0.1, -0.05) is 31.9 Å². The van der Waals surface area contributed by atoms with Gasteiger partial charge in [0.1, 0.15) is 5.82 Å². The van der Waals surface area contributed by atoms with E-state index in [2.05, 4.69) is 22.8 Å². The topological polar surface area (TPSA) is 54.8 Å². The fraction of sp³-hybridized carbons (Fsp3) is 0.400. The molecule has 2 aromatic carbocycles. The van der Waals surface area contributed by atoms with Crippen LogP contribution in [0.5, 0.6) is 0 Å². The van der Waals surface area contributed by atoms with Gasteiger partial charge in [-0.05, 0) is 59.5 Å². The Morgan fingerprint density at radius 2 is 1.95 bits per heavy atom. The van der Waals surface area contributed by atoms with Crippen molar-refractivity contribution in [2.75, 3.05) is 37.6 Å². The highest BCUT2D eigenvalue weighted by molar-refractivity contribution is 7.17. The van der Waals surface area contributed by atoms with Crippen LogP contribution in [0.1, 0.15) is 39.5 Å². The molecule has 0 bridgehead atoms. The van der Waals surface area contributed by atoms with Gasteiger partial charge in [0.05, 0.1) is 6.89 Å². The molecule has 2 aromatic heterocycles. The third-order valence-electron chi connectivity index (χ3n) is 7.25. The second-order valence-electron chi connectivity index (χ2n) is 9.85. The maximum atomic E-state index is 14.2. The lowest BCUT2D eigenvalue weighted by atomic mass is 10.1. The summed E-state index contributed by atoms with van der Waals surface area (Å²) < 4.78 is 30.2. The largest absolute Gasteiger partial charge is 0.444 e. The Bertz CT molecular complexity index is 1530. The van der Waals surface area contributed by atoms with Crippen LogP contribution in [0.15, 0.2) is 58.7 Å². The number of thiophene rings is 1. The van der Waals surface area contributed by atoms with Gasteiger partial charge in [-0.3, -0.25) is 19.1 Å². The number of aromatic nitrogens is 1. The smallest absolute Gasteiger partial charge is 0.307 e. The zero-order valence-corrected chi connectivity index (χ0v) is 22.6. The second-order valence-corrected chi connectivity index (χ2v) is 10.8. The molecule has 0 amide bonds. The molecule has 0 spiro atoms. The number of pyridine rings is 1. The van der Waals surface area contributed by atoms with E-state index in [0.29, 0.717) is 17.3 Å². The summed E-state index contributed by atoms with van der Waals surface area (Å²) in [5.74, 6) is -0.508. The van der Waals surface area contributed by atoms with Crippen molar-refractivity contribution in [3.8, 4) is 0 Å². The average Bonchev–Trinajstić information content (AvgIpc) is 3.40. The molecule has 200 valence electrons. The highest BCUT2D eigenvalue weighted by Crippen LogP contribution is 2.32. The maximum absolute atomic E-state index is 14.2. The van der Waals surface area contributed by atoms with E-state index in [1.807, 2.05) is 23.6 Å². The molecule has 0 saturated carbocycles. The summed E-state index contributed by atoms with van der Waals surface area (Å²) in [4.78, 5) is 29.5. The lowest BCUT2D eigenvalue weighted by Crippen LogP contribution is -2.47. The normalized spacial score (nSPS) is 14.8. The number of hydrogen-bond acceptors (Lipinski definition) is 6. The van der Waals surface area contributed by atoms with Gasteiger partial charge in [-0.25, -0.2) is 4.39 Å². The van der Waals surface area contributed by atoms with Crippen LogP contribution < -0.4 is 10.5 Å². The van der Waals surface area contributed by atoms with Gasteiger partial charge in [0, 0.05) is 61.0 Å². The zero-order chi connectivity index (χ0) is 27.4. The summed E-state index contributed by atoms with van der Waals surface area (Å²) in [5, 5.41) is 3.77. The SMILES string of the molecule is [2H]c1cc(=O)n(COC(=O)CCCCC)c2cc(CCN3CCN(c4cc(F)cc5sccc45)CC3)ccc12. The molecule has 1 fully saturated rings. The minimum atomic E-state index is -0.348. The molecule has 38 heavy (non-hydrogen) atoms. The predicted molar refractivity (Wildman–Crippen MR) is 153 cm³/mol. The molecule has 8 heteroatoms. The number of anilines is 1. The molecular weight excluding hydrogens is 501 g/mol. The van der Waals surface area contributed by atoms with E-state index in [1.54, 1.807) is 23.5 Å². The van der Waals surface area contributed by atoms with E-state index in [0.717, 1.165) is 79.7 Å². The molecule has 1 aliphatic heterocycles. The number of hydrogen-bond donors (Lipinski definition) is 0. The van der Waals surface area contributed by atoms with Crippen molar-refractivity contribution < 1.29 is 15.3 Å². The first-order chi connectivity index (χ1) is 18.9. The number of carbonyl (C=O) groups excluding carboxylic acids is 1. The van der Waals surface area contributed by atoms with Crippen molar-refractivity contribution in [2.24, 2.45) is 0 Å². The molecule has 1 aliphatic rings. The lowest BCUT2D eigenvalue weighted by molar-refractivity contribution is -0.147. The van der Waals surface area contributed by atoms with E-state index in [1.165, 1.54) is 10.6 Å². The van der Waals surface area contributed by atoms with Gasteiger partial charge in [-0.15, -0.1) is 11.3 Å². The number of ether oxygens (including phenoxy) is 1. The molecule has 0 N–H and O–H groups in total. The lowest BCUT2D eigenvalue weighted by Gasteiger charge is -2.36. The predicted octanol–water partition coefficient (Wildman–Crippen LogP) is 5.80. The number of carbonyl (C=O) groups is 1. The van der Waals surface area contributed by atoms with Crippen LogP contribution in [-0.4, -0.2) is 48.2 Å². The van der Waals surface area contributed by atoms with Crippen LogP contribution in [-0.2, 0) is 22.7 Å². The van der Waals surface area contributed by atoms with Gasteiger partial charge in [-0.2, -0.15) is 0 Å². The van der Waals surface area contributed by atoms with Gasteiger partial charge in [0.15, 0.2) is 6.73 Å². The molecule has 5 rings (SSSR count). The van der Waals surface area contributed by atoms with E-state index in [-0.39, 0.29) is 30.1 Å². The first kappa shape index (κ1) is 25.1. The van der Waals surface area contributed by atoms with Crippen molar-refractivity contribution in [1.29, 1.82) is 0 Å². The second kappa shape index (κ2) is 12.1. The number of esters is 1. The third kappa shape index (κ3) is 6.08. The molecule has 0 unspecified atom stereocenters. The van der Waals surface area contributed by atoms with Crippen molar-refractivity contribution >= 4 is 44.0 Å². The van der Waals surface area contributed by atoms with E-state index in [4.69, 9.17) is 6.11 Å². The van der Waals surface area contributed by atoms with Crippen LogP contribution in [0.25, 0.3) is 21.0 Å². The van der Waals surface area contributed by atoms with Gasteiger partial charge in [0.25, 0.3) is 5.56 Å². The molecule has 3 heterocycles. The number of benzene rings is 2. The Kier molecular flexibility index (Phi) is 7.98. The minimum absolute atomic E-state index is 0.149. The van der Waals surface area contributed by atoms with E-state index < -0.39 is 0 Å². The summed E-state index contributed by atoms with van der Waals surface area (Å²) in [7, 11) is 0. The summed E-state index contributed by atoms with van der Waals surface area (Å²) in [6.07, 6.45) is 3.89. The maximum Gasteiger partial charge on any atom is 0.307 e. The number of rotatable bonds is 10. The summed E-state index contributed by atoms with van der Waals surface area (Å²) in [5.41, 5.74) is 2.29. The van der Waals surface area contributed by atoms with Crippen molar-refractivity contribution in [3.63, 3.8) is 0 Å². The highest BCUT2D eigenvalue weighted by Gasteiger charge is 2.20.